The number of hydrogen-bond acceptors (Lipinski definition) is 3. The lowest BCUT2D eigenvalue weighted by Gasteiger charge is -2.53. The molecule has 2 fully saturated rings. The summed E-state index contributed by atoms with van der Waals surface area (Å²) < 4.78 is 5.60. The molecule has 100 valence electrons. The van der Waals surface area contributed by atoms with Crippen LogP contribution in [0, 0.1) is 23.2 Å². The van der Waals surface area contributed by atoms with Gasteiger partial charge in [0.15, 0.2) is 11.6 Å². The molecule has 3 nitrogen and oxygen atoms in total. The number of allylic oxidation sites excluding steroid dienone is 2. The van der Waals surface area contributed by atoms with Crippen LogP contribution in [0.1, 0.15) is 40.0 Å². The first-order valence-corrected chi connectivity index (χ1v) is 7.00. The third-order valence-electron chi connectivity index (χ3n) is 5.56. The Morgan fingerprint density at radius 3 is 2.89 bits per heavy atom. The molecule has 3 rings (SSSR count). The molecule has 18 heavy (non-hydrogen) atoms. The van der Waals surface area contributed by atoms with Crippen LogP contribution >= 0.6 is 0 Å². The first-order chi connectivity index (χ1) is 8.39. The van der Waals surface area contributed by atoms with E-state index in [0.29, 0.717) is 18.4 Å². The van der Waals surface area contributed by atoms with E-state index in [2.05, 4.69) is 26.8 Å². The molecule has 3 heteroatoms. The van der Waals surface area contributed by atoms with Crippen molar-refractivity contribution in [1.29, 1.82) is 0 Å². The maximum atomic E-state index is 12.3. The second kappa shape index (κ2) is 3.67. The Kier molecular flexibility index (Phi) is 2.52. The lowest BCUT2D eigenvalue weighted by Crippen LogP contribution is -2.56. The minimum Gasteiger partial charge on any atom is -0.365 e. The molecule has 5 unspecified atom stereocenters. The van der Waals surface area contributed by atoms with Crippen LogP contribution < -0.4 is 0 Å². The van der Waals surface area contributed by atoms with Gasteiger partial charge in [0.25, 0.3) is 0 Å². The van der Waals surface area contributed by atoms with E-state index in [1.807, 2.05) is 0 Å². The third kappa shape index (κ3) is 1.35. The van der Waals surface area contributed by atoms with Crippen molar-refractivity contribution >= 4 is 5.78 Å². The van der Waals surface area contributed by atoms with Gasteiger partial charge in [0.1, 0.15) is 0 Å². The molecule has 1 aliphatic heterocycles. The van der Waals surface area contributed by atoms with Crippen molar-refractivity contribution in [2.45, 2.75) is 45.8 Å². The smallest absolute Gasteiger partial charge is 0.176 e. The van der Waals surface area contributed by atoms with Crippen LogP contribution in [0.25, 0.3) is 0 Å². The summed E-state index contributed by atoms with van der Waals surface area (Å²) in [6.07, 6.45) is 4.31. The first-order valence-electron chi connectivity index (χ1n) is 7.00. The second-order valence-corrected chi connectivity index (χ2v) is 6.59. The van der Waals surface area contributed by atoms with E-state index in [9.17, 15) is 9.90 Å². The zero-order valence-electron chi connectivity index (χ0n) is 11.4. The van der Waals surface area contributed by atoms with Crippen molar-refractivity contribution in [2.24, 2.45) is 23.2 Å². The Balaban J connectivity index is 2.15. The monoisotopic (exact) mass is 250 g/mol. The summed E-state index contributed by atoms with van der Waals surface area (Å²) in [6.45, 7) is 7.05. The number of aliphatic hydroxyl groups is 1. The lowest BCUT2D eigenvalue weighted by molar-refractivity contribution is -0.227. The van der Waals surface area contributed by atoms with Crippen LogP contribution in [0.5, 0.6) is 0 Å². The maximum Gasteiger partial charge on any atom is 0.176 e. The molecule has 0 aromatic rings. The Morgan fingerprint density at radius 1 is 1.44 bits per heavy atom. The van der Waals surface area contributed by atoms with Crippen LogP contribution in [0.4, 0.5) is 0 Å². The van der Waals surface area contributed by atoms with E-state index in [-0.39, 0.29) is 23.5 Å². The summed E-state index contributed by atoms with van der Waals surface area (Å²) in [5, 5.41) is 10.7. The number of ketones is 1. The second-order valence-electron chi connectivity index (χ2n) is 6.59. The molecule has 0 aromatic heterocycles. The van der Waals surface area contributed by atoms with Gasteiger partial charge < -0.3 is 9.84 Å². The number of ether oxygens (including phenoxy) is 1. The highest BCUT2D eigenvalue weighted by Crippen LogP contribution is 2.60. The molecule has 1 heterocycles. The molecule has 1 saturated carbocycles. The number of Topliss-reactive ketones (excluding diaryl/α,β-unsaturated/α-hetero) is 1. The van der Waals surface area contributed by atoms with Crippen molar-refractivity contribution in [3.63, 3.8) is 0 Å². The summed E-state index contributed by atoms with van der Waals surface area (Å²) in [7, 11) is 0. The minimum atomic E-state index is -1.23. The summed E-state index contributed by atoms with van der Waals surface area (Å²) in [5.74, 6) is -0.380. The molecule has 1 N–H and O–H groups in total. The molecule has 0 spiro atoms. The molecule has 5 atom stereocenters. The Hall–Kier alpha value is -0.670. The topological polar surface area (TPSA) is 46.5 Å². The average Bonchev–Trinajstić information content (AvgIpc) is 2.58. The zero-order chi connectivity index (χ0) is 13.1. The molecule has 0 amide bonds. The van der Waals surface area contributed by atoms with Crippen molar-refractivity contribution in [2.75, 3.05) is 6.61 Å². The SMILES string of the molecule is CC1COC2(O)CC(=O)C3=CCCC(C)C3(C)C12. The van der Waals surface area contributed by atoms with Crippen molar-refractivity contribution in [3.05, 3.63) is 11.6 Å². The highest BCUT2D eigenvalue weighted by Gasteiger charge is 2.63. The zero-order valence-corrected chi connectivity index (χ0v) is 11.4. The van der Waals surface area contributed by atoms with Gasteiger partial charge in [-0.05, 0) is 30.3 Å². The fourth-order valence-corrected chi connectivity index (χ4v) is 4.60. The van der Waals surface area contributed by atoms with Gasteiger partial charge in [0, 0.05) is 11.3 Å². The Morgan fingerprint density at radius 2 is 2.17 bits per heavy atom. The van der Waals surface area contributed by atoms with E-state index in [4.69, 9.17) is 4.74 Å². The van der Waals surface area contributed by atoms with Gasteiger partial charge in [0.2, 0.25) is 0 Å². The number of carbonyl (C=O) groups excluding carboxylic acids is 1. The summed E-state index contributed by atoms with van der Waals surface area (Å²) in [4.78, 5) is 12.3. The lowest BCUT2D eigenvalue weighted by atomic mass is 9.51. The van der Waals surface area contributed by atoms with Crippen LogP contribution in [0.2, 0.25) is 0 Å². The van der Waals surface area contributed by atoms with E-state index in [1.165, 1.54) is 0 Å². The molecule has 0 radical (unpaired) electrons. The van der Waals surface area contributed by atoms with Crippen molar-refractivity contribution in [3.8, 4) is 0 Å². The maximum absolute atomic E-state index is 12.3. The normalized spacial score (nSPS) is 51.7. The molecular formula is C15H22O3. The molecular weight excluding hydrogens is 228 g/mol. The minimum absolute atomic E-state index is 0.0456. The Bertz CT molecular complexity index is 427. The fourth-order valence-electron chi connectivity index (χ4n) is 4.60. The summed E-state index contributed by atoms with van der Waals surface area (Å²) in [5.41, 5.74) is 0.728. The Labute approximate surface area is 108 Å². The first kappa shape index (κ1) is 12.4. The van der Waals surface area contributed by atoms with Crippen LogP contribution in [-0.2, 0) is 9.53 Å². The van der Waals surface area contributed by atoms with Crippen LogP contribution in [-0.4, -0.2) is 23.3 Å². The van der Waals surface area contributed by atoms with Gasteiger partial charge in [0.05, 0.1) is 13.0 Å². The predicted octanol–water partition coefficient (Wildman–Crippen LogP) is 2.29. The average molecular weight is 250 g/mol. The molecule has 2 aliphatic carbocycles. The molecule has 0 aromatic carbocycles. The number of hydrogen-bond donors (Lipinski definition) is 1. The van der Waals surface area contributed by atoms with E-state index >= 15 is 0 Å². The number of rotatable bonds is 0. The van der Waals surface area contributed by atoms with E-state index in [1.54, 1.807) is 0 Å². The van der Waals surface area contributed by atoms with Gasteiger partial charge >= 0.3 is 0 Å². The highest BCUT2D eigenvalue weighted by atomic mass is 16.6. The quantitative estimate of drug-likeness (QED) is 0.717. The van der Waals surface area contributed by atoms with Crippen molar-refractivity contribution < 1.29 is 14.6 Å². The third-order valence-corrected chi connectivity index (χ3v) is 5.56. The predicted molar refractivity (Wildman–Crippen MR) is 67.8 cm³/mol. The highest BCUT2D eigenvalue weighted by molar-refractivity contribution is 5.98. The largest absolute Gasteiger partial charge is 0.365 e. The summed E-state index contributed by atoms with van der Waals surface area (Å²) >= 11 is 0. The van der Waals surface area contributed by atoms with Gasteiger partial charge in [-0.15, -0.1) is 0 Å². The van der Waals surface area contributed by atoms with E-state index < -0.39 is 5.79 Å². The molecule has 3 aliphatic rings. The standard InChI is InChI=1S/C15H22O3/c1-9-8-18-15(17)7-12(16)11-6-4-5-10(2)14(11,3)13(9)15/h6,9-10,13,17H,4-5,7-8H2,1-3H3. The molecule has 1 saturated heterocycles. The van der Waals surface area contributed by atoms with Gasteiger partial charge in [-0.2, -0.15) is 0 Å². The van der Waals surface area contributed by atoms with Gasteiger partial charge in [-0.25, -0.2) is 0 Å². The fraction of sp³-hybridized carbons (Fsp3) is 0.800. The van der Waals surface area contributed by atoms with Crippen molar-refractivity contribution in [1.82, 2.24) is 0 Å². The van der Waals surface area contributed by atoms with E-state index in [0.717, 1.165) is 18.4 Å². The van der Waals surface area contributed by atoms with Gasteiger partial charge in [-0.3, -0.25) is 4.79 Å². The number of carbonyl (C=O) groups is 1. The van der Waals surface area contributed by atoms with Crippen LogP contribution in [0.3, 0.4) is 0 Å². The molecule has 0 bridgehead atoms. The van der Waals surface area contributed by atoms with Gasteiger partial charge in [-0.1, -0.05) is 26.8 Å². The summed E-state index contributed by atoms with van der Waals surface area (Å²) in [6, 6.07) is 0. The van der Waals surface area contributed by atoms with Crippen LogP contribution in [0.15, 0.2) is 11.6 Å². The number of fused-ring (bicyclic) bond motifs is 3.